The molecule has 2 unspecified atom stereocenters. The highest BCUT2D eigenvalue weighted by Gasteiger charge is 2.34. The Balaban J connectivity index is 1.70. The van der Waals surface area contributed by atoms with Gasteiger partial charge >= 0.3 is 0 Å². The molecule has 17 heavy (non-hydrogen) atoms. The van der Waals surface area contributed by atoms with E-state index in [-0.39, 0.29) is 5.91 Å². The van der Waals surface area contributed by atoms with Crippen LogP contribution in [0, 0.1) is 11.8 Å². The van der Waals surface area contributed by atoms with Crippen molar-refractivity contribution in [2.24, 2.45) is 11.8 Å². The maximum Gasteiger partial charge on any atom is 0.270 e. The van der Waals surface area contributed by atoms with Crippen molar-refractivity contribution < 1.29 is 4.79 Å². The smallest absolute Gasteiger partial charge is 0.270 e. The van der Waals surface area contributed by atoms with Crippen molar-refractivity contribution in [3.05, 3.63) is 23.0 Å². The van der Waals surface area contributed by atoms with E-state index >= 15 is 0 Å². The third kappa shape index (κ3) is 2.07. The molecule has 4 nitrogen and oxygen atoms in total. The van der Waals surface area contributed by atoms with Crippen LogP contribution in [0.2, 0.25) is 5.02 Å². The van der Waals surface area contributed by atoms with E-state index in [0.29, 0.717) is 16.6 Å². The van der Waals surface area contributed by atoms with Gasteiger partial charge in [0.1, 0.15) is 5.69 Å². The summed E-state index contributed by atoms with van der Waals surface area (Å²) < 4.78 is 0. The van der Waals surface area contributed by atoms with Crippen LogP contribution in [0.5, 0.6) is 0 Å². The molecule has 2 fully saturated rings. The van der Waals surface area contributed by atoms with Gasteiger partial charge in [-0.1, -0.05) is 11.6 Å². The molecular weight excluding hydrogens is 238 g/mol. The highest BCUT2D eigenvalue weighted by atomic mass is 35.5. The number of carbonyl (C=O) groups excluding carboxylic acids is 1. The molecule has 0 spiro atoms. The zero-order valence-electron chi connectivity index (χ0n) is 9.58. The molecule has 92 valence electrons. The third-order valence-electron chi connectivity index (χ3n) is 3.87. The molecule has 0 bridgehead atoms. The molecule has 1 aromatic heterocycles. The number of halogens is 1. The Kier molecular flexibility index (Phi) is 2.84. The molecule has 0 aromatic carbocycles. The standard InChI is InChI=1S/C12H16ClN3O/c13-10-3-11(15-6-10)12(17)16-2-1-8-4-14-5-9(8)7-16/h3,6,8-9,14-15H,1-2,4-5,7H2. The van der Waals surface area contributed by atoms with E-state index in [4.69, 9.17) is 11.6 Å². The summed E-state index contributed by atoms with van der Waals surface area (Å²) in [5.41, 5.74) is 0.597. The first-order valence-electron chi connectivity index (χ1n) is 6.08. The number of hydrogen-bond donors (Lipinski definition) is 2. The van der Waals surface area contributed by atoms with Crippen LogP contribution in [0.25, 0.3) is 0 Å². The average molecular weight is 254 g/mol. The average Bonchev–Trinajstić information content (AvgIpc) is 2.95. The van der Waals surface area contributed by atoms with Crippen molar-refractivity contribution in [2.75, 3.05) is 26.2 Å². The molecule has 2 aliphatic rings. The maximum atomic E-state index is 12.2. The molecule has 2 N–H and O–H groups in total. The van der Waals surface area contributed by atoms with E-state index in [1.807, 2.05) is 4.90 Å². The van der Waals surface area contributed by atoms with Gasteiger partial charge in [0.25, 0.3) is 5.91 Å². The first kappa shape index (κ1) is 11.1. The summed E-state index contributed by atoms with van der Waals surface area (Å²) in [5.74, 6) is 1.45. The fourth-order valence-electron chi connectivity index (χ4n) is 2.88. The minimum absolute atomic E-state index is 0.0715. The number of rotatable bonds is 1. The summed E-state index contributed by atoms with van der Waals surface area (Å²) in [6.45, 7) is 3.88. The van der Waals surface area contributed by atoms with Gasteiger partial charge in [-0.2, -0.15) is 0 Å². The lowest BCUT2D eigenvalue weighted by molar-refractivity contribution is 0.0637. The Bertz CT molecular complexity index is 431. The number of nitrogens with one attached hydrogen (secondary N) is 2. The fourth-order valence-corrected chi connectivity index (χ4v) is 3.04. The lowest BCUT2D eigenvalue weighted by Gasteiger charge is -2.34. The molecular formula is C12H16ClN3O. The van der Waals surface area contributed by atoms with Gasteiger partial charge in [0, 0.05) is 19.3 Å². The third-order valence-corrected chi connectivity index (χ3v) is 4.09. The van der Waals surface area contributed by atoms with E-state index < -0.39 is 0 Å². The number of carbonyl (C=O) groups is 1. The summed E-state index contributed by atoms with van der Waals surface area (Å²) in [6, 6.07) is 1.70. The summed E-state index contributed by atoms with van der Waals surface area (Å²) in [6.07, 6.45) is 2.76. The molecule has 1 amide bonds. The zero-order chi connectivity index (χ0) is 11.8. The number of piperidine rings is 1. The Labute approximate surface area is 105 Å². The van der Waals surface area contributed by atoms with Crippen LogP contribution in [-0.4, -0.2) is 42.0 Å². The van der Waals surface area contributed by atoms with E-state index in [1.165, 1.54) is 0 Å². The van der Waals surface area contributed by atoms with E-state index in [1.54, 1.807) is 12.3 Å². The monoisotopic (exact) mass is 253 g/mol. The van der Waals surface area contributed by atoms with E-state index in [9.17, 15) is 4.79 Å². The highest BCUT2D eigenvalue weighted by Crippen LogP contribution is 2.27. The van der Waals surface area contributed by atoms with Crippen molar-refractivity contribution in [3.63, 3.8) is 0 Å². The lowest BCUT2D eigenvalue weighted by atomic mass is 9.88. The van der Waals surface area contributed by atoms with Gasteiger partial charge in [-0.15, -0.1) is 0 Å². The van der Waals surface area contributed by atoms with Crippen molar-refractivity contribution in [2.45, 2.75) is 6.42 Å². The number of nitrogens with zero attached hydrogens (tertiary/aromatic N) is 1. The Hall–Kier alpha value is -1.00. The van der Waals surface area contributed by atoms with Gasteiger partial charge in [0.2, 0.25) is 0 Å². The van der Waals surface area contributed by atoms with E-state index in [0.717, 1.165) is 38.5 Å². The molecule has 2 atom stereocenters. The highest BCUT2D eigenvalue weighted by molar-refractivity contribution is 6.30. The largest absolute Gasteiger partial charge is 0.356 e. The van der Waals surface area contributed by atoms with Crippen LogP contribution in [0.3, 0.4) is 0 Å². The SMILES string of the molecule is O=C(c1cc(Cl)c[nH]1)N1CCC2CNCC2C1. The molecule has 0 saturated carbocycles. The van der Waals surface area contributed by atoms with Gasteiger partial charge in [0.05, 0.1) is 5.02 Å². The minimum Gasteiger partial charge on any atom is -0.356 e. The van der Waals surface area contributed by atoms with Crippen molar-refractivity contribution >= 4 is 17.5 Å². The summed E-state index contributed by atoms with van der Waals surface area (Å²) in [5, 5.41) is 3.99. The Morgan fingerprint density at radius 3 is 3.00 bits per heavy atom. The van der Waals surface area contributed by atoms with Crippen LogP contribution in [-0.2, 0) is 0 Å². The Morgan fingerprint density at radius 1 is 1.41 bits per heavy atom. The van der Waals surface area contributed by atoms with Crippen molar-refractivity contribution in [3.8, 4) is 0 Å². The first-order valence-corrected chi connectivity index (χ1v) is 6.46. The first-order chi connectivity index (χ1) is 8.24. The lowest BCUT2D eigenvalue weighted by Crippen LogP contribution is -2.43. The summed E-state index contributed by atoms with van der Waals surface area (Å²) in [4.78, 5) is 17.1. The van der Waals surface area contributed by atoms with Gasteiger partial charge in [-0.3, -0.25) is 4.79 Å². The van der Waals surface area contributed by atoms with Gasteiger partial charge < -0.3 is 15.2 Å². The quantitative estimate of drug-likeness (QED) is 0.794. The van der Waals surface area contributed by atoms with Gasteiger partial charge in [-0.25, -0.2) is 0 Å². The molecule has 0 radical (unpaired) electrons. The second-order valence-corrected chi connectivity index (χ2v) is 5.39. The van der Waals surface area contributed by atoms with Gasteiger partial charge in [0.15, 0.2) is 0 Å². The molecule has 3 heterocycles. The summed E-state index contributed by atoms with van der Waals surface area (Å²) in [7, 11) is 0. The molecule has 1 aromatic rings. The number of H-pyrrole nitrogens is 1. The van der Waals surface area contributed by atoms with Crippen LogP contribution in [0.15, 0.2) is 12.3 Å². The van der Waals surface area contributed by atoms with Crippen LogP contribution >= 0.6 is 11.6 Å². The molecule has 0 aliphatic carbocycles. The number of hydrogen-bond acceptors (Lipinski definition) is 2. The predicted octanol–water partition coefficient (Wildman–Crippen LogP) is 1.35. The normalized spacial score (nSPS) is 28.2. The van der Waals surface area contributed by atoms with Crippen LogP contribution in [0.1, 0.15) is 16.9 Å². The second-order valence-electron chi connectivity index (χ2n) is 4.95. The van der Waals surface area contributed by atoms with Crippen molar-refractivity contribution in [1.29, 1.82) is 0 Å². The van der Waals surface area contributed by atoms with Crippen molar-refractivity contribution in [1.82, 2.24) is 15.2 Å². The van der Waals surface area contributed by atoms with Crippen LogP contribution < -0.4 is 5.32 Å². The predicted molar refractivity (Wildman–Crippen MR) is 66.2 cm³/mol. The second kappa shape index (κ2) is 4.35. The fraction of sp³-hybridized carbons (Fsp3) is 0.583. The number of amides is 1. The number of aromatic nitrogens is 1. The number of fused-ring (bicyclic) bond motifs is 1. The molecule has 3 rings (SSSR count). The number of likely N-dealkylation sites (tertiary alicyclic amines) is 1. The van der Waals surface area contributed by atoms with E-state index in [2.05, 4.69) is 10.3 Å². The van der Waals surface area contributed by atoms with Gasteiger partial charge in [-0.05, 0) is 37.4 Å². The zero-order valence-corrected chi connectivity index (χ0v) is 10.3. The van der Waals surface area contributed by atoms with Crippen LogP contribution in [0.4, 0.5) is 0 Å². The maximum absolute atomic E-state index is 12.2. The molecule has 2 saturated heterocycles. The Morgan fingerprint density at radius 2 is 2.24 bits per heavy atom. The summed E-state index contributed by atoms with van der Waals surface area (Å²) >= 11 is 5.82. The molecule has 2 aliphatic heterocycles. The molecule has 5 heteroatoms. The number of aromatic amines is 1. The minimum atomic E-state index is 0.0715. The topological polar surface area (TPSA) is 48.1 Å².